The molecule has 0 saturated carbocycles. The first-order valence-corrected chi connectivity index (χ1v) is 14.0. The minimum absolute atomic E-state index is 0.0141. The topological polar surface area (TPSA) is 119 Å². The normalized spacial score (nSPS) is 12.2. The van der Waals surface area contributed by atoms with Gasteiger partial charge in [-0.05, 0) is 61.7 Å². The number of fused-ring (bicyclic) bond motifs is 1. The number of carbonyl (C=O) groups excluding carboxylic acids is 5. The van der Waals surface area contributed by atoms with Gasteiger partial charge in [-0.25, -0.2) is 14.5 Å². The lowest BCUT2D eigenvalue weighted by Crippen LogP contribution is -2.30. The quantitative estimate of drug-likeness (QED) is 0.206. The van der Waals surface area contributed by atoms with Crippen molar-refractivity contribution in [1.29, 1.82) is 0 Å². The third-order valence-electron chi connectivity index (χ3n) is 6.67. The van der Waals surface area contributed by atoms with E-state index in [9.17, 15) is 24.0 Å². The number of nitrogens with zero attached hydrogens (tertiary/aromatic N) is 1. The van der Waals surface area contributed by atoms with Crippen LogP contribution in [-0.2, 0) is 14.3 Å². The van der Waals surface area contributed by atoms with E-state index in [0.717, 1.165) is 32.9 Å². The van der Waals surface area contributed by atoms with Gasteiger partial charge in [0.25, 0.3) is 17.7 Å². The molecule has 10 heteroatoms. The number of imide groups is 1. The van der Waals surface area contributed by atoms with Crippen LogP contribution in [0.5, 0.6) is 0 Å². The third-order valence-corrected chi connectivity index (χ3v) is 7.57. The maximum Gasteiger partial charge on any atom is 0.341 e. The molecule has 0 fully saturated rings. The Bertz CT molecular complexity index is 1740. The van der Waals surface area contributed by atoms with Crippen LogP contribution in [0.3, 0.4) is 0 Å². The molecule has 1 N–H and O–H groups in total. The smallest absolute Gasteiger partial charge is 0.341 e. The molecule has 3 aromatic carbocycles. The molecule has 1 aromatic heterocycles. The molecule has 0 atom stereocenters. The van der Waals surface area contributed by atoms with Crippen LogP contribution in [0.1, 0.15) is 59.5 Å². The number of amides is 3. The Morgan fingerprint density at radius 2 is 1.57 bits per heavy atom. The van der Waals surface area contributed by atoms with E-state index in [0.29, 0.717) is 11.3 Å². The number of anilines is 2. The van der Waals surface area contributed by atoms with Gasteiger partial charge in [0.2, 0.25) is 0 Å². The summed E-state index contributed by atoms with van der Waals surface area (Å²) in [6.45, 7) is 4.88. The summed E-state index contributed by atoms with van der Waals surface area (Å²) >= 11 is 1.15. The van der Waals surface area contributed by atoms with Crippen molar-refractivity contribution in [2.75, 3.05) is 23.4 Å². The number of rotatable bonds is 8. The van der Waals surface area contributed by atoms with Crippen LogP contribution in [0, 0.1) is 13.8 Å². The number of ether oxygens (including phenoxy) is 2. The van der Waals surface area contributed by atoms with Crippen LogP contribution in [0.4, 0.5) is 10.7 Å². The number of hydrogen-bond donors (Lipinski definition) is 1. The fourth-order valence-electron chi connectivity index (χ4n) is 4.61. The predicted octanol–water partition coefficient (Wildman–Crippen LogP) is 5.80. The zero-order valence-electron chi connectivity index (χ0n) is 23.1. The molecule has 0 saturated heterocycles. The minimum atomic E-state index is -0.847. The third kappa shape index (κ3) is 5.44. The standard InChI is InChI=1S/C32H26N2O7S/c1-4-40-32(39)27-24(20-8-6-5-7-9-20)17-42-28(27)33-26(35)16-41-31(38)21-12-13-22-23(15-21)30(37)34(29(22)36)25-14-18(2)10-11-19(25)3/h5-15,17H,4,16H2,1-3H3,(H,33,35). The molecule has 42 heavy (non-hydrogen) atoms. The van der Waals surface area contributed by atoms with E-state index < -0.39 is 36.3 Å². The Hall–Kier alpha value is -5.09. The highest BCUT2D eigenvalue weighted by Crippen LogP contribution is 2.36. The predicted molar refractivity (Wildman–Crippen MR) is 158 cm³/mol. The number of esters is 2. The van der Waals surface area contributed by atoms with Gasteiger partial charge in [0.1, 0.15) is 10.6 Å². The first kappa shape index (κ1) is 28.4. The van der Waals surface area contributed by atoms with Crippen LogP contribution in [0.15, 0.2) is 72.1 Å². The molecule has 3 amide bonds. The number of aryl methyl sites for hydroxylation is 2. The molecule has 0 radical (unpaired) electrons. The molecule has 0 unspecified atom stereocenters. The molecule has 2 heterocycles. The number of hydrogen-bond acceptors (Lipinski definition) is 8. The summed E-state index contributed by atoms with van der Waals surface area (Å²) < 4.78 is 10.4. The monoisotopic (exact) mass is 582 g/mol. The van der Waals surface area contributed by atoms with Crippen molar-refractivity contribution >= 4 is 51.7 Å². The molecule has 9 nitrogen and oxygen atoms in total. The van der Waals surface area contributed by atoms with Crippen molar-refractivity contribution in [2.45, 2.75) is 20.8 Å². The van der Waals surface area contributed by atoms with E-state index in [4.69, 9.17) is 9.47 Å². The van der Waals surface area contributed by atoms with Gasteiger partial charge in [0.15, 0.2) is 6.61 Å². The molecular formula is C32H26N2O7S. The van der Waals surface area contributed by atoms with Gasteiger partial charge in [-0.3, -0.25) is 14.4 Å². The van der Waals surface area contributed by atoms with E-state index in [1.807, 2.05) is 49.4 Å². The SMILES string of the molecule is CCOC(=O)c1c(-c2ccccc2)csc1NC(=O)COC(=O)c1ccc2c(c1)C(=O)N(c1cc(C)ccc1C)C2=O. The second-order valence-corrected chi connectivity index (χ2v) is 10.4. The average Bonchev–Trinajstić information content (AvgIpc) is 3.51. The van der Waals surface area contributed by atoms with E-state index in [2.05, 4.69) is 5.32 Å². The first-order chi connectivity index (χ1) is 20.2. The number of carbonyl (C=O) groups is 5. The summed E-state index contributed by atoms with van der Waals surface area (Å²) in [6.07, 6.45) is 0. The van der Waals surface area contributed by atoms with Crippen molar-refractivity contribution in [3.63, 3.8) is 0 Å². The maximum absolute atomic E-state index is 13.2. The average molecular weight is 583 g/mol. The lowest BCUT2D eigenvalue weighted by Gasteiger charge is -2.17. The summed E-state index contributed by atoms with van der Waals surface area (Å²) in [7, 11) is 0. The fraction of sp³-hybridized carbons (Fsp3) is 0.156. The molecule has 1 aliphatic heterocycles. The van der Waals surface area contributed by atoms with Crippen molar-refractivity contribution < 1.29 is 33.4 Å². The zero-order valence-corrected chi connectivity index (χ0v) is 23.9. The summed E-state index contributed by atoms with van der Waals surface area (Å²) in [6, 6.07) is 18.8. The van der Waals surface area contributed by atoms with Gasteiger partial charge in [-0.15, -0.1) is 11.3 Å². The van der Waals surface area contributed by atoms with E-state index in [1.165, 1.54) is 18.2 Å². The molecule has 0 spiro atoms. The number of nitrogens with one attached hydrogen (secondary N) is 1. The highest BCUT2D eigenvalue weighted by atomic mass is 32.1. The van der Waals surface area contributed by atoms with E-state index >= 15 is 0 Å². The molecule has 0 bridgehead atoms. The van der Waals surface area contributed by atoms with Crippen molar-refractivity contribution in [2.24, 2.45) is 0 Å². The molecule has 4 aromatic rings. The van der Waals surface area contributed by atoms with Crippen LogP contribution in [0.25, 0.3) is 11.1 Å². The first-order valence-electron chi connectivity index (χ1n) is 13.1. The maximum atomic E-state index is 13.2. The molecule has 212 valence electrons. The number of thiophene rings is 1. The Morgan fingerprint density at radius 3 is 2.31 bits per heavy atom. The number of benzene rings is 3. The second-order valence-electron chi connectivity index (χ2n) is 9.56. The Labute approximate surface area is 245 Å². The van der Waals surface area contributed by atoms with Gasteiger partial charge in [0, 0.05) is 10.9 Å². The van der Waals surface area contributed by atoms with Crippen LogP contribution >= 0.6 is 11.3 Å². The van der Waals surface area contributed by atoms with Crippen molar-refractivity contribution in [1.82, 2.24) is 0 Å². The minimum Gasteiger partial charge on any atom is -0.462 e. The molecular weight excluding hydrogens is 556 g/mol. The van der Waals surface area contributed by atoms with E-state index in [-0.39, 0.29) is 33.9 Å². The molecule has 1 aliphatic rings. The summed E-state index contributed by atoms with van der Waals surface area (Å²) in [5.74, 6) is -3.12. The second kappa shape index (κ2) is 11.8. The largest absolute Gasteiger partial charge is 0.462 e. The lowest BCUT2D eigenvalue weighted by molar-refractivity contribution is -0.119. The van der Waals surface area contributed by atoms with Gasteiger partial charge in [-0.2, -0.15) is 0 Å². The lowest BCUT2D eigenvalue weighted by atomic mass is 10.0. The Morgan fingerprint density at radius 1 is 0.833 bits per heavy atom. The summed E-state index contributed by atoms with van der Waals surface area (Å²) in [4.78, 5) is 65.6. The van der Waals surface area contributed by atoms with E-state index in [1.54, 1.807) is 25.3 Å². The van der Waals surface area contributed by atoms with Crippen molar-refractivity contribution in [3.8, 4) is 11.1 Å². The zero-order chi connectivity index (χ0) is 30.0. The van der Waals surface area contributed by atoms with Gasteiger partial charge in [0.05, 0.1) is 29.0 Å². The summed E-state index contributed by atoms with van der Waals surface area (Å²) in [5.41, 5.74) is 4.00. The molecule has 0 aliphatic carbocycles. The Balaban J connectivity index is 1.29. The summed E-state index contributed by atoms with van der Waals surface area (Å²) in [5, 5.41) is 4.64. The van der Waals surface area contributed by atoms with Crippen LogP contribution < -0.4 is 10.2 Å². The van der Waals surface area contributed by atoms with Crippen molar-refractivity contribution in [3.05, 3.63) is 105 Å². The van der Waals surface area contributed by atoms with Gasteiger partial charge in [-0.1, -0.05) is 42.5 Å². The van der Waals surface area contributed by atoms with Gasteiger partial charge >= 0.3 is 11.9 Å². The highest BCUT2D eigenvalue weighted by Gasteiger charge is 2.38. The fourth-order valence-corrected chi connectivity index (χ4v) is 5.58. The molecule has 5 rings (SSSR count). The highest BCUT2D eigenvalue weighted by molar-refractivity contribution is 7.15. The van der Waals surface area contributed by atoms with Crippen LogP contribution in [0.2, 0.25) is 0 Å². The van der Waals surface area contributed by atoms with Crippen LogP contribution in [-0.4, -0.2) is 42.9 Å². The Kier molecular flexibility index (Phi) is 7.99. The van der Waals surface area contributed by atoms with Gasteiger partial charge < -0.3 is 14.8 Å².